The minimum atomic E-state index is -3.71. The molecule has 0 saturated carbocycles. The van der Waals surface area contributed by atoms with E-state index in [1.54, 1.807) is 54.6 Å². The van der Waals surface area contributed by atoms with Gasteiger partial charge in [0.05, 0.1) is 11.4 Å². The Bertz CT molecular complexity index is 520. The van der Waals surface area contributed by atoms with Gasteiger partial charge in [0.15, 0.2) is 0 Å². The Morgan fingerprint density at radius 3 is 1.94 bits per heavy atom. The molecule has 2 aromatic carbocycles. The highest BCUT2D eigenvalue weighted by Crippen LogP contribution is 2.12. The molecule has 0 aliphatic rings. The summed E-state index contributed by atoms with van der Waals surface area (Å²) >= 11 is 0. The van der Waals surface area contributed by atoms with Gasteiger partial charge in [0.1, 0.15) is 0 Å². The first-order valence-electron chi connectivity index (χ1n) is 5.02. The maximum atomic E-state index is 11.7. The summed E-state index contributed by atoms with van der Waals surface area (Å²) < 4.78 is 29.4. The van der Waals surface area contributed by atoms with Crippen LogP contribution in [0, 0.1) is 0 Å². The highest BCUT2D eigenvalue weighted by Gasteiger charge is 2.11. The molecular weight excluding hydrogens is 236 g/mol. The predicted octanol–water partition coefficient (Wildman–Crippen LogP) is 2.28. The molecule has 0 aliphatic carbocycles. The van der Waals surface area contributed by atoms with Gasteiger partial charge in [-0.3, -0.25) is 4.72 Å². The van der Waals surface area contributed by atoms with E-state index in [0.29, 0.717) is 11.4 Å². The van der Waals surface area contributed by atoms with Crippen LogP contribution < -0.4 is 9.44 Å². The molecule has 1 radical (unpaired) electrons. The molecule has 0 fully saturated rings. The number of hydrogen-bond donors (Lipinski definition) is 1. The number of anilines is 1. The average Bonchev–Trinajstić information content (AvgIpc) is 2.30. The molecule has 2 rings (SSSR count). The molecule has 4 nitrogen and oxygen atoms in total. The van der Waals surface area contributed by atoms with Gasteiger partial charge in [0.2, 0.25) is 0 Å². The SMILES string of the molecule is O=S(=O)([N]c1ccccc1)Nc1ccccc1. The van der Waals surface area contributed by atoms with Crippen molar-refractivity contribution < 1.29 is 8.42 Å². The van der Waals surface area contributed by atoms with Crippen LogP contribution in [0.5, 0.6) is 0 Å². The summed E-state index contributed by atoms with van der Waals surface area (Å²) in [5, 5.41) is 0. The quantitative estimate of drug-likeness (QED) is 0.901. The fraction of sp³-hybridized carbons (Fsp3) is 0. The minimum absolute atomic E-state index is 0.399. The summed E-state index contributed by atoms with van der Waals surface area (Å²) in [5.41, 5.74) is 0.892. The van der Waals surface area contributed by atoms with Crippen molar-refractivity contribution in [2.45, 2.75) is 0 Å². The number of para-hydroxylation sites is 1. The second-order valence-corrected chi connectivity index (χ2v) is 4.71. The summed E-state index contributed by atoms with van der Waals surface area (Å²) in [6.45, 7) is 0. The highest BCUT2D eigenvalue weighted by atomic mass is 32.2. The molecule has 17 heavy (non-hydrogen) atoms. The fourth-order valence-corrected chi connectivity index (χ4v) is 2.18. The first-order valence-corrected chi connectivity index (χ1v) is 6.46. The van der Waals surface area contributed by atoms with Crippen LogP contribution in [-0.2, 0) is 10.2 Å². The molecule has 0 saturated heterocycles. The number of benzene rings is 2. The van der Waals surface area contributed by atoms with Gasteiger partial charge < -0.3 is 0 Å². The Morgan fingerprint density at radius 2 is 1.35 bits per heavy atom. The van der Waals surface area contributed by atoms with Crippen LogP contribution in [0.15, 0.2) is 60.7 Å². The Kier molecular flexibility index (Phi) is 3.30. The molecule has 0 unspecified atom stereocenters. The van der Waals surface area contributed by atoms with E-state index >= 15 is 0 Å². The Morgan fingerprint density at radius 1 is 0.824 bits per heavy atom. The van der Waals surface area contributed by atoms with Crippen LogP contribution in [0.4, 0.5) is 11.4 Å². The molecule has 0 aliphatic heterocycles. The largest absolute Gasteiger partial charge is 0.342 e. The summed E-state index contributed by atoms with van der Waals surface area (Å²) in [6.07, 6.45) is 0. The Labute approximate surface area is 100 Å². The lowest BCUT2D eigenvalue weighted by Crippen LogP contribution is -2.20. The van der Waals surface area contributed by atoms with Crippen LogP contribution >= 0.6 is 0 Å². The lowest BCUT2D eigenvalue weighted by molar-refractivity contribution is 0.596. The van der Waals surface area contributed by atoms with E-state index in [1.807, 2.05) is 6.07 Å². The summed E-state index contributed by atoms with van der Waals surface area (Å²) in [4.78, 5) is 0. The van der Waals surface area contributed by atoms with E-state index in [-0.39, 0.29) is 0 Å². The lowest BCUT2D eigenvalue weighted by atomic mass is 10.3. The molecule has 0 bridgehead atoms. The van der Waals surface area contributed by atoms with Gasteiger partial charge in [0, 0.05) is 0 Å². The second-order valence-electron chi connectivity index (χ2n) is 3.37. The third-order valence-corrected chi connectivity index (χ3v) is 2.95. The first-order chi connectivity index (χ1) is 8.16. The Hall–Kier alpha value is -2.01. The first kappa shape index (κ1) is 11.5. The highest BCUT2D eigenvalue weighted by molar-refractivity contribution is 7.90. The summed E-state index contributed by atoms with van der Waals surface area (Å²) in [5.74, 6) is 0. The maximum Gasteiger partial charge on any atom is 0.342 e. The number of hydrogen-bond acceptors (Lipinski definition) is 2. The van der Waals surface area contributed by atoms with E-state index in [0.717, 1.165) is 0 Å². The molecule has 0 aromatic heterocycles. The van der Waals surface area contributed by atoms with Crippen molar-refractivity contribution in [2.75, 3.05) is 4.72 Å². The average molecular weight is 247 g/mol. The van der Waals surface area contributed by atoms with Crippen molar-refractivity contribution in [3.8, 4) is 0 Å². The van der Waals surface area contributed by atoms with Crippen LogP contribution in [0.2, 0.25) is 0 Å². The minimum Gasteiger partial charge on any atom is -0.265 e. The number of rotatable bonds is 4. The molecule has 1 N–H and O–H groups in total. The van der Waals surface area contributed by atoms with Crippen LogP contribution in [0.25, 0.3) is 0 Å². The molecule has 2 aromatic rings. The van der Waals surface area contributed by atoms with Crippen molar-refractivity contribution in [3.05, 3.63) is 60.7 Å². The van der Waals surface area contributed by atoms with Crippen LogP contribution in [0.1, 0.15) is 0 Å². The van der Waals surface area contributed by atoms with Gasteiger partial charge in [-0.05, 0) is 24.3 Å². The zero-order chi connectivity index (χ0) is 12.1. The zero-order valence-corrected chi connectivity index (χ0v) is 9.76. The molecule has 0 heterocycles. The molecule has 87 valence electrons. The normalized spacial score (nSPS) is 10.8. The summed E-state index contributed by atoms with van der Waals surface area (Å²) in [6, 6.07) is 17.2. The van der Waals surface area contributed by atoms with Crippen molar-refractivity contribution in [3.63, 3.8) is 0 Å². The van der Waals surface area contributed by atoms with E-state index in [9.17, 15) is 8.42 Å². The molecule has 0 amide bonds. The summed E-state index contributed by atoms with van der Waals surface area (Å²) in [7, 11) is -3.71. The lowest BCUT2D eigenvalue weighted by Gasteiger charge is -2.07. The predicted molar refractivity (Wildman–Crippen MR) is 67.2 cm³/mol. The third kappa shape index (κ3) is 3.49. The van der Waals surface area contributed by atoms with Crippen molar-refractivity contribution in [2.24, 2.45) is 0 Å². The van der Waals surface area contributed by atoms with E-state index in [1.165, 1.54) is 0 Å². The monoisotopic (exact) mass is 247 g/mol. The van der Waals surface area contributed by atoms with Gasteiger partial charge in [0.25, 0.3) is 0 Å². The van der Waals surface area contributed by atoms with Crippen LogP contribution in [-0.4, -0.2) is 8.42 Å². The van der Waals surface area contributed by atoms with E-state index in [4.69, 9.17) is 0 Å². The van der Waals surface area contributed by atoms with Gasteiger partial charge >= 0.3 is 10.2 Å². The fourth-order valence-electron chi connectivity index (χ4n) is 1.31. The molecule has 0 spiro atoms. The smallest absolute Gasteiger partial charge is 0.265 e. The van der Waals surface area contributed by atoms with Gasteiger partial charge in [-0.25, -0.2) is 0 Å². The zero-order valence-electron chi connectivity index (χ0n) is 8.95. The second kappa shape index (κ2) is 4.88. The van der Waals surface area contributed by atoms with Gasteiger partial charge in [-0.1, -0.05) is 36.4 Å². The Balaban J connectivity index is 2.11. The number of nitrogens with one attached hydrogen (secondary N) is 1. The molecule has 0 atom stereocenters. The standard InChI is InChI=1S/C12H11N2O2S/c15-17(16,13-11-7-3-1-4-8-11)14-12-9-5-2-6-10-12/h1-10,13H. The third-order valence-electron chi connectivity index (χ3n) is 2.00. The number of nitrogens with zero attached hydrogens (tertiary/aromatic N) is 1. The van der Waals surface area contributed by atoms with Crippen LogP contribution in [0.3, 0.4) is 0 Å². The van der Waals surface area contributed by atoms with E-state index in [2.05, 4.69) is 9.44 Å². The van der Waals surface area contributed by atoms with Crippen molar-refractivity contribution in [1.82, 2.24) is 4.72 Å². The topological polar surface area (TPSA) is 60.3 Å². The maximum absolute atomic E-state index is 11.7. The van der Waals surface area contributed by atoms with Crippen molar-refractivity contribution in [1.29, 1.82) is 0 Å². The van der Waals surface area contributed by atoms with E-state index < -0.39 is 10.2 Å². The molecule has 5 heteroatoms. The van der Waals surface area contributed by atoms with Gasteiger partial charge in [-0.2, -0.15) is 8.42 Å². The van der Waals surface area contributed by atoms with Gasteiger partial charge in [-0.15, -0.1) is 4.72 Å². The van der Waals surface area contributed by atoms with Crippen molar-refractivity contribution >= 4 is 21.6 Å². The molecular formula is C12H11N2O2S.